The molecule has 1 N–H and O–H groups in total. The average molecular weight is 432 g/mol. The van der Waals surface area contributed by atoms with Crippen LogP contribution in [0.4, 0.5) is 13.2 Å². The Kier molecular flexibility index (Phi) is 5.34. The van der Waals surface area contributed by atoms with Crippen molar-refractivity contribution in [2.24, 2.45) is 0 Å². The Morgan fingerprint density at radius 2 is 1.87 bits per heavy atom. The van der Waals surface area contributed by atoms with E-state index in [2.05, 4.69) is 10.3 Å². The van der Waals surface area contributed by atoms with Crippen LogP contribution in [0.25, 0.3) is 5.69 Å². The number of ether oxygens (including phenoxy) is 1. The third-order valence-corrected chi connectivity index (χ3v) is 4.61. The van der Waals surface area contributed by atoms with Crippen molar-refractivity contribution in [1.82, 2.24) is 19.5 Å². The standard InChI is InChI=1S/C20H15F3N4O4/c1-11-17(9-28)25-31-19(11)30-18-6-5-12(7-16(18)23)27-20(29)26(10-24-27)8-13-14(21)3-2-4-15(13)22/h2-7,10,28H,8-9H2,1H3. The van der Waals surface area contributed by atoms with Crippen molar-refractivity contribution < 1.29 is 27.5 Å². The zero-order chi connectivity index (χ0) is 22.1. The Morgan fingerprint density at radius 1 is 1.13 bits per heavy atom. The highest BCUT2D eigenvalue weighted by Gasteiger charge is 2.17. The Labute approximate surface area is 172 Å². The highest BCUT2D eigenvalue weighted by Crippen LogP contribution is 2.29. The summed E-state index contributed by atoms with van der Waals surface area (Å²) in [4.78, 5) is 12.6. The largest absolute Gasteiger partial charge is 0.421 e. The van der Waals surface area contributed by atoms with Crippen LogP contribution in [-0.4, -0.2) is 24.6 Å². The van der Waals surface area contributed by atoms with E-state index in [1.54, 1.807) is 6.92 Å². The number of nitrogens with zero attached hydrogens (tertiary/aromatic N) is 4. The van der Waals surface area contributed by atoms with Gasteiger partial charge >= 0.3 is 11.6 Å². The van der Waals surface area contributed by atoms with Crippen LogP contribution in [0.1, 0.15) is 16.8 Å². The van der Waals surface area contributed by atoms with Gasteiger partial charge in [-0.25, -0.2) is 18.0 Å². The monoisotopic (exact) mass is 432 g/mol. The molecule has 2 aromatic carbocycles. The van der Waals surface area contributed by atoms with E-state index in [0.29, 0.717) is 5.56 Å². The molecule has 0 atom stereocenters. The maximum Gasteiger partial charge on any atom is 0.350 e. The van der Waals surface area contributed by atoms with Gasteiger partial charge in [-0.15, -0.1) is 0 Å². The van der Waals surface area contributed by atoms with Crippen LogP contribution >= 0.6 is 0 Å². The molecule has 11 heteroatoms. The van der Waals surface area contributed by atoms with Crippen LogP contribution < -0.4 is 10.4 Å². The van der Waals surface area contributed by atoms with E-state index in [9.17, 15) is 18.0 Å². The van der Waals surface area contributed by atoms with Crippen LogP contribution in [-0.2, 0) is 13.2 Å². The summed E-state index contributed by atoms with van der Waals surface area (Å²) in [5.74, 6) is -2.68. The van der Waals surface area contributed by atoms with Gasteiger partial charge in [-0.05, 0) is 31.2 Å². The molecule has 0 spiro atoms. The molecule has 0 amide bonds. The summed E-state index contributed by atoms with van der Waals surface area (Å²) in [5, 5.41) is 16.6. The third kappa shape index (κ3) is 3.82. The Hall–Kier alpha value is -3.86. The van der Waals surface area contributed by atoms with Crippen molar-refractivity contribution in [1.29, 1.82) is 0 Å². The number of rotatable bonds is 6. The third-order valence-electron chi connectivity index (χ3n) is 4.61. The first-order valence-corrected chi connectivity index (χ1v) is 9.00. The summed E-state index contributed by atoms with van der Waals surface area (Å²) < 4.78 is 54.4. The maximum atomic E-state index is 14.5. The second-order valence-electron chi connectivity index (χ2n) is 6.57. The molecule has 0 saturated heterocycles. The quantitative estimate of drug-likeness (QED) is 0.503. The summed E-state index contributed by atoms with van der Waals surface area (Å²) in [6.45, 7) is 0.857. The molecule has 0 aliphatic heterocycles. The number of aromatic nitrogens is 4. The molecular weight excluding hydrogens is 417 g/mol. The summed E-state index contributed by atoms with van der Waals surface area (Å²) in [6.07, 6.45) is 1.10. The van der Waals surface area contributed by atoms with E-state index < -0.39 is 23.1 Å². The van der Waals surface area contributed by atoms with Crippen molar-refractivity contribution >= 4 is 0 Å². The zero-order valence-corrected chi connectivity index (χ0v) is 16.1. The van der Waals surface area contributed by atoms with Crippen molar-refractivity contribution in [2.75, 3.05) is 0 Å². The first kappa shape index (κ1) is 20.4. The zero-order valence-electron chi connectivity index (χ0n) is 16.1. The summed E-state index contributed by atoms with van der Waals surface area (Å²) in [7, 11) is 0. The molecule has 0 bridgehead atoms. The molecule has 0 saturated carbocycles. The molecular formula is C20H15F3N4O4. The lowest BCUT2D eigenvalue weighted by atomic mass is 10.2. The van der Waals surface area contributed by atoms with E-state index in [4.69, 9.17) is 14.4 Å². The Bertz CT molecular complexity index is 1290. The van der Waals surface area contributed by atoms with Crippen LogP contribution in [0.2, 0.25) is 0 Å². The first-order valence-electron chi connectivity index (χ1n) is 9.00. The fourth-order valence-electron chi connectivity index (χ4n) is 2.87. The molecule has 4 rings (SSSR count). The summed E-state index contributed by atoms with van der Waals surface area (Å²) in [6, 6.07) is 7.03. The van der Waals surface area contributed by atoms with E-state index >= 15 is 0 Å². The van der Waals surface area contributed by atoms with Gasteiger partial charge in [0.1, 0.15) is 23.7 Å². The van der Waals surface area contributed by atoms with Crippen molar-refractivity contribution in [2.45, 2.75) is 20.1 Å². The Morgan fingerprint density at radius 3 is 2.52 bits per heavy atom. The van der Waals surface area contributed by atoms with Crippen LogP contribution in [0.5, 0.6) is 11.7 Å². The molecule has 2 aromatic heterocycles. The minimum absolute atomic E-state index is 0.0768. The number of hydrogen-bond acceptors (Lipinski definition) is 6. The van der Waals surface area contributed by atoms with E-state index in [0.717, 1.165) is 33.8 Å². The molecule has 4 aromatic rings. The Balaban J connectivity index is 1.60. The van der Waals surface area contributed by atoms with Gasteiger partial charge in [0.2, 0.25) is 0 Å². The molecule has 0 aliphatic rings. The minimum Gasteiger partial charge on any atom is -0.421 e. The highest BCUT2D eigenvalue weighted by molar-refractivity contribution is 5.40. The van der Waals surface area contributed by atoms with E-state index in [-0.39, 0.29) is 41.8 Å². The first-order chi connectivity index (χ1) is 14.9. The second kappa shape index (κ2) is 8.11. The molecule has 31 heavy (non-hydrogen) atoms. The van der Waals surface area contributed by atoms with Gasteiger partial charge < -0.3 is 14.4 Å². The SMILES string of the molecule is Cc1c(CO)noc1Oc1ccc(-n2ncn(Cc3c(F)cccc3F)c2=O)cc1F. The van der Waals surface area contributed by atoms with Gasteiger partial charge in [0.05, 0.1) is 24.4 Å². The minimum atomic E-state index is -0.819. The average Bonchev–Trinajstić information content (AvgIpc) is 3.28. The predicted molar refractivity (Wildman–Crippen MR) is 100 cm³/mol. The van der Waals surface area contributed by atoms with Crippen LogP contribution in [0, 0.1) is 24.4 Å². The molecule has 0 aliphatic carbocycles. The number of benzene rings is 2. The molecule has 0 unspecified atom stereocenters. The van der Waals surface area contributed by atoms with Gasteiger partial charge in [0, 0.05) is 11.6 Å². The van der Waals surface area contributed by atoms with Crippen molar-refractivity contribution in [3.63, 3.8) is 0 Å². The molecule has 8 nitrogen and oxygen atoms in total. The summed E-state index contributed by atoms with van der Waals surface area (Å²) in [5.41, 5.74) is -0.247. The predicted octanol–water partition coefficient (Wildman–Crippen LogP) is 3.08. The number of aliphatic hydroxyl groups is 1. The molecule has 2 heterocycles. The molecule has 0 fully saturated rings. The van der Waals surface area contributed by atoms with Crippen LogP contribution in [0.3, 0.4) is 0 Å². The van der Waals surface area contributed by atoms with Gasteiger partial charge in [-0.1, -0.05) is 11.2 Å². The lowest BCUT2D eigenvalue weighted by molar-refractivity contribution is 0.253. The van der Waals surface area contributed by atoms with Crippen molar-refractivity contribution in [3.05, 3.63) is 87.5 Å². The second-order valence-corrected chi connectivity index (χ2v) is 6.57. The van der Waals surface area contributed by atoms with Crippen LogP contribution in [0.15, 0.2) is 52.0 Å². The fourth-order valence-corrected chi connectivity index (χ4v) is 2.87. The van der Waals surface area contributed by atoms with E-state index in [1.165, 1.54) is 18.2 Å². The lowest BCUT2D eigenvalue weighted by Crippen LogP contribution is -2.24. The number of hydrogen-bond donors (Lipinski definition) is 1. The molecule has 160 valence electrons. The number of aliphatic hydroxyl groups excluding tert-OH is 1. The van der Waals surface area contributed by atoms with Gasteiger partial charge in [-0.3, -0.25) is 4.57 Å². The lowest BCUT2D eigenvalue weighted by Gasteiger charge is -2.06. The fraction of sp³-hybridized carbons (Fsp3) is 0.150. The van der Waals surface area contributed by atoms with Gasteiger partial charge in [-0.2, -0.15) is 9.78 Å². The molecule has 0 radical (unpaired) electrons. The van der Waals surface area contributed by atoms with Gasteiger partial charge in [0.15, 0.2) is 11.6 Å². The topological polar surface area (TPSA) is 95.3 Å². The summed E-state index contributed by atoms with van der Waals surface area (Å²) >= 11 is 0. The van der Waals surface area contributed by atoms with Gasteiger partial charge in [0.25, 0.3) is 0 Å². The van der Waals surface area contributed by atoms with E-state index in [1.807, 2.05) is 0 Å². The maximum absolute atomic E-state index is 14.5. The smallest absolute Gasteiger partial charge is 0.350 e. The normalized spacial score (nSPS) is 11.1. The number of halogens is 3. The van der Waals surface area contributed by atoms with Crippen molar-refractivity contribution in [3.8, 4) is 17.4 Å². The highest BCUT2D eigenvalue weighted by atomic mass is 19.1.